The molecule has 0 heterocycles. The molecule has 0 spiro atoms. The Hall–Kier alpha value is -3.35. The molecule has 2 amide bonds. The molecule has 1 aliphatic rings. The smallest absolute Gasteiger partial charge is 0.411 e. The molecule has 6 nitrogen and oxygen atoms in total. The highest BCUT2D eigenvalue weighted by Crippen LogP contribution is 2.44. The van der Waals surface area contributed by atoms with E-state index in [1.807, 2.05) is 24.3 Å². The largest absolute Gasteiger partial charge is 0.448 e. The minimum absolute atomic E-state index is 0.0284. The van der Waals surface area contributed by atoms with E-state index in [0.717, 1.165) is 22.3 Å². The van der Waals surface area contributed by atoms with Crippen molar-refractivity contribution in [3.8, 4) is 11.1 Å². The van der Waals surface area contributed by atoms with Crippen molar-refractivity contribution in [2.75, 3.05) is 25.1 Å². The van der Waals surface area contributed by atoms with Crippen LogP contribution in [0.1, 0.15) is 27.4 Å². The second-order valence-corrected chi connectivity index (χ2v) is 7.53. The van der Waals surface area contributed by atoms with Crippen LogP contribution in [-0.2, 0) is 4.74 Å². The quantitative estimate of drug-likeness (QED) is 0.533. The van der Waals surface area contributed by atoms with Gasteiger partial charge in [-0.3, -0.25) is 10.1 Å². The fraction of sp³-hybridized carbons (Fsp3) is 0.167. The number of carbonyl (C=O) groups excluding carboxylic acids is 2. The molecule has 3 aromatic rings. The maximum absolute atomic E-state index is 12.4. The van der Waals surface area contributed by atoms with Crippen LogP contribution in [-0.4, -0.2) is 36.9 Å². The van der Waals surface area contributed by atoms with Crippen LogP contribution in [0, 0.1) is 0 Å². The average Bonchev–Trinajstić information content (AvgIpc) is 3.10. The third-order valence-electron chi connectivity index (χ3n) is 5.20. The van der Waals surface area contributed by atoms with Crippen molar-refractivity contribution in [2.45, 2.75) is 5.92 Å². The average molecular weight is 437 g/mol. The SMILES string of the molecule is O=C(Nc1ccc(C(=O)NCCO)c(Cl)c1)OCC1c2ccccc2-c2ccccc21. The van der Waals surface area contributed by atoms with E-state index < -0.39 is 12.0 Å². The van der Waals surface area contributed by atoms with Crippen molar-refractivity contribution < 1.29 is 19.4 Å². The summed E-state index contributed by atoms with van der Waals surface area (Å²) >= 11 is 6.16. The lowest BCUT2D eigenvalue weighted by atomic mass is 9.98. The minimum atomic E-state index is -0.601. The molecule has 4 rings (SSSR count). The van der Waals surface area contributed by atoms with Gasteiger partial charge in [0.25, 0.3) is 5.91 Å². The molecule has 1 aliphatic carbocycles. The van der Waals surface area contributed by atoms with Crippen LogP contribution in [0.3, 0.4) is 0 Å². The van der Waals surface area contributed by atoms with Crippen LogP contribution in [0.15, 0.2) is 66.7 Å². The van der Waals surface area contributed by atoms with E-state index in [1.54, 1.807) is 6.07 Å². The van der Waals surface area contributed by atoms with Crippen molar-refractivity contribution >= 4 is 29.3 Å². The van der Waals surface area contributed by atoms with Crippen LogP contribution in [0.2, 0.25) is 5.02 Å². The van der Waals surface area contributed by atoms with Crippen LogP contribution >= 0.6 is 11.6 Å². The van der Waals surface area contributed by atoms with Gasteiger partial charge in [0.1, 0.15) is 6.61 Å². The van der Waals surface area contributed by atoms with Gasteiger partial charge in [-0.1, -0.05) is 60.1 Å². The number of hydrogen-bond donors (Lipinski definition) is 3. The second kappa shape index (κ2) is 9.20. The first-order chi connectivity index (χ1) is 15.1. The van der Waals surface area contributed by atoms with Gasteiger partial charge in [-0.15, -0.1) is 0 Å². The molecule has 0 unspecified atom stereocenters. The van der Waals surface area contributed by atoms with Gasteiger partial charge in [0, 0.05) is 18.2 Å². The summed E-state index contributed by atoms with van der Waals surface area (Å²) in [7, 11) is 0. The number of benzene rings is 3. The summed E-state index contributed by atoms with van der Waals surface area (Å²) in [6.07, 6.45) is -0.601. The molecule has 0 radical (unpaired) electrons. The molecular weight excluding hydrogens is 416 g/mol. The summed E-state index contributed by atoms with van der Waals surface area (Å²) in [6.45, 7) is 0.176. The number of carbonyl (C=O) groups is 2. The maximum atomic E-state index is 12.4. The van der Waals surface area contributed by atoms with E-state index >= 15 is 0 Å². The Morgan fingerprint density at radius 2 is 1.61 bits per heavy atom. The zero-order valence-electron chi connectivity index (χ0n) is 16.6. The number of anilines is 1. The molecular formula is C24H21ClN2O4. The molecule has 3 N–H and O–H groups in total. The Morgan fingerprint density at radius 3 is 2.23 bits per heavy atom. The standard InChI is InChI=1S/C24H21ClN2O4/c25-22-13-15(9-10-20(22)23(29)26-11-12-28)27-24(30)31-14-21-18-7-3-1-5-16(18)17-6-2-4-8-19(17)21/h1-10,13,21,28H,11-12,14H2,(H,26,29)(H,27,30). The van der Waals surface area contributed by atoms with Crippen molar-refractivity contribution in [3.63, 3.8) is 0 Å². The van der Waals surface area contributed by atoms with Gasteiger partial charge in [0.2, 0.25) is 0 Å². The van der Waals surface area contributed by atoms with Crippen molar-refractivity contribution in [2.24, 2.45) is 0 Å². The highest BCUT2D eigenvalue weighted by atomic mass is 35.5. The lowest BCUT2D eigenvalue weighted by molar-refractivity contribution is 0.0945. The first-order valence-corrected chi connectivity index (χ1v) is 10.3. The van der Waals surface area contributed by atoms with E-state index in [-0.39, 0.29) is 36.3 Å². The van der Waals surface area contributed by atoms with E-state index in [9.17, 15) is 9.59 Å². The number of rotatable bonds is 6. The zero-order valence-corrected chi connectivity index (χ0v) is 17.4. The summed E-state index contributed by atoms with van der Waals surface area (Å²) in [4.78, 5) is 24.4. The van der Waals surface area contributed by atoms with Crippen LogP contribution in [0.25, 0.3) is 11.1 Å². The number of hydrogen-bond acceptors (Lipinski definition) is 4. The number of nitrogens with one attached hydrogen (secondary N) is 2. The summed E-state index contributed by atoms with van der Waals surface area (Å²) in [5.74, 6) is -0.425. The number of halogens is 1. The zero-order chi connectivity index (χ0) is 21.8. The molecule has 0 bridgehead atoms. The normalized spacial score (nSPS) is 12.1. The minimum Gasteiger partial charge on any atom is -0.448 e. The van der Waals surface area contributed by atoms with Crippen LogP contribution < -0.4 is 10.6 Å². The molecule has 0 saturated carbocycles. The molecule has 3 aromatic carbocycles. The molecule has 7 heteroatoms. The van der Waals surface area contributed by atoms with Gasteiger partial charge in [-0.2, -0.15) is 0 Å². The van der Waals surface area contributed by atoms with Gasteiger partial charge < -0.3 is 15.2 Å². The van der Waals surface area contributed by atoms with Crippen molar-refractivity contribution in [3.05, 3.63) is 88.4 Å². The summed E-state index contributed by atoms with van der Waals surface area (Å²) in [5, 5.41) is 14.2. The Morgan fingerprint density at radius 1 is 0.968 bits per heavy atom. The maximum Gasteiger partial charge on any atom is 0.411 e. The number of ether oxygens (including phenoxy) is 1. The molecule has 31 heavy (non-hydrogen) atoms. The fourth-order valence-corrected chi connectivity index (χ4v) is 4.06. The number of fused-ring (bicyclic) bond motifs is 3. The van der Waals surface area contributed by atoms with Crippen molar-refractivity contribution in [1.82, 2.24) is 5.32 Å². The highest BCUT2D eigenvalue weighted by Gasteiger charge is 2.29. The highest BCUT2D eigenvalue weighted by molar-refractivity contribution is 6.34. The van der Waals surface area contributed by atoms with E-state index in [0.29, 0.717) is 5.69 Å². The number of aliphatic hydroxyl groups excluding tert-OH is 1. The second-order valence-electron chi connectivity index (χ2n) is 7.12. The first kappa shape index (κ1) is 20.9. The van der Waals surface area contributed by atoms with Gasteiger partial charge in [0.05, 0.1) is 17.2 Å². The molecule has 0 atom stereocenters. The van der Waals surface area contributed by atoms with Gasteiger partial charge in [-0.25, -0.2) is 4.79 Å². The number of aliphatic hydroxyl groups is 1. The molecule has 158 valence electrons. The molecule has 0 saturated heterocycles. The third-order valence-corrected chi connectivity index (χ3v) is 5.51. The van der Waals surface area contributed by atoms with E-state index in [4.69, 9.17) is 21.4 Å². The van der Waals surface area contributed by atoms with Gasteiger partial charge in [-0.05, 0) is 40.5 Å². The van der Waals surface area contributed by atoms with Crippen LogP contribution in [0.5, 0.6) is 0 Å². The Labute approximate surface area is 184 Å². The lowest BCUT2D eigenvalue weighted by Crippen LogP contribution is -2.26. The fourth-order valence-electron chi connectivity index (χ4n) is 3.79. The van der Waals surface area contributed by atoms with Crippen molar-refractivity contribution in [1.29, 1.82) is 0 Å². The molecule has 0 aliphatic heterocycles. The Bertz CT molecular complexity index is 1090. The predicted octanol–water partition coefficient (Wildman–Crippen LogP) is 4.42. The van der Waals surface area contributed by atoms with E-state index in [1.165, 1.54) is 12.1 Å². The summed E-state index contributed by atoms with van der Waals surface area (Å²) in [6, 6.07) is 20.8. The predicted molar refractivity (Wildman–Crippen MR) is 120 cm³/mol. The molecule has 0 aromatic heterocycles. The summed E-state index contributed by atoms with van der Waals surface area (Å²) in [5.41, 5.74) is 5.27. The monoisotopic (exact) mass is 436 g/mol. The Kier molecular flexibility index (Phi) is 6.21. The molecule has 0 fully saturated rings. The van der Waals surface area contributed by atoms with Crippen LogP contribution in [0.4, 0.5) is 10.5 Å². The third kappa shape index (κ3) is 4.40. The van der Waals surface area contributed by atoms with Gasteiger partial charge in [0.15, 0.2) is 0 Å². The van der Waals surface area contributed by atoms with Gasteiger partial charge >= 0.3 is 6.09 Å². The number of amides is 2. The first-order valence-electron chi connectivity index (χ1n) is 9.89. The lowest BCUT2D eigenvalue weighted by Gasteiger charge is -2.15. The topological polar surface area (TPSA) is 87.7 Å². The Balaban J connectivity index is 1.41. The summed E-state index contributed by atoms with van der Waals surface area (Å²) < 4.78 is 5.51. The van der Waals surface area contributed by atoms with E-state index in [2.05, 4.69) is 34.9 Å².